The van der Waals surface area contributed by atoms with Crippen LogP contribution in [0.25, 0.3) is 0 Å². The number of nitrogens with one attached hydrogen (secondary N) is 1. The third-order valence-electron chi connectivity index (χ3n) is 7.87. The molecule has 43 heavy (non-hydrogen) atoms. The molecular weight excluding hydrogens is 619 g/mol. The Bertz CT molecular complexity index is 1560. The van der Waals surface area contributed by atoms with Gasteiger partial charge in [-0.2, -0.15) is 0 Å². The van der Waals surface area contributed by atoms with Crippen LogP contribution in [0.15, 0.2) is 46.0 Å². The van der Waals surface area contributed by atoms with Crippen molar-refractivity contribution in [2.24, 2.45) is 16.8 Å². The standard InChI is InChI=1S/C29H34ClFN4O6S2/c1-29(2,3)41-27(36)17-14-18(15-17)43(38,39)35-11-8-16(9-12-35)23-21(28(37)40-4)24(19-6-5-7-20(31)22(19)30)34-25(33-23)26-32-10-13-42-26/h5-7,10,13,16-18,24H,8-9,11-12,14-15H2,1-4H3,(H,33,34)/t17-,18+,24?. The molecule has 3 aliphatic rings. The first-order valence-corrected chi connectivity index (χ1v) is 16.8. The molecule has 2 aromatic rings. The molecule has 2 aliphatic heterocycles. The Morgan fingerprint density at radius 3 is 2.49 bits per heavy atom. The number of ether oxygens (including phenoxy) is 2. The van der Waals surface area contributed by atoms with Crippen LogP contribution in [0.2, 0.25) is 5.02 Å². The lowest BCUT2D eigenvalue weighted by Gasteiger charge is -2.40. The van der Waals surface area contributed by atoms with Gasteiger partial charge in [-0.05, 0) is 52.5 Å². The average Bonchev–Trinajstić information content (AvgIpc) is 3.47. The van der Waals surface area contributed by atoms with Gasteiger partial charge < -0.3 is 14.8 Å². The van der Waals surface area contributed by atoms with Crippen molar-refractivity contribution >= 4 is 50.7 Å². The monoisotopic (exact) mass is 652 g/mol. The quantitative estimate of drug-likeness (QED) is 0.430. The Balaban J connectivity index is 1.38. The zero-order valence-electron chi connectivity index (χ0n) is 24.3. The van der Waals surface area contributed by atoms with Gasteiger partial charge in [-0.15, -0.1) is 11.3 Å². The van der Waals surface area contributed by atoms with Crippen molar-refractivity contribution in [1.82, 2.24) is 14.6 Å². The van der Waals surface area contributed by atoms with Gasteiger partial charge in [0.25, 0.3) is 0 Å². The first kappa shape index (κ1) is 31.6. The van der Waals surface area contributed by atoms with E-state index < -0.39 is 44.6 Å². The van der Waals surface area contributed by atoms with Crippen molar-refractivity contribution in [3.05, 3.63) is 62.5 Å². The maximum absolute atomic E-state index is 14.5. The fourth-order valence-corrected chi connectivity index (χ4v) is 8.53. The molecular formula is C29H34ClFN4O6S2. The van der Waals surface area contributed by atoms with E-state index in [1.54, 1.807) is 38.4 Å². The number of hydrogen-bond acceptors (Lipinski definition) is 10. The summed E-state index contributed by atoms with van der Waals surface area (Å²) < 4.78 is 53.4. The molecule has 1 aliphatic carbocycles. The number of thiazole rings is 1. The van der Waals surface area contributed by atoms with Gasteiger partial charge in [0.2, 0.25) is 10.0 Å². The zero-order chi connectivity index (χ0) is 31.1. The molecule has 1 aromatic carbocycles. The van der Waals surface area contributed by atoms with Crippen LogP contribution in [-0.2, 0) is 29.1 Å². The molecule has 1 saturated carbocycles. The van der Waals surface area contributed by atoms with E-state index in [0.717, 1.165) is 0 Å². The number of benzene rings is 1. The number of aromatic nitrogens is 1. The van der Waals surface area contributed by atoms with Crippen molar-refractivity contribution < 1.29 is 31.9 Å². The second-order valence-electron chi connectivity index (χ2n) is 11.8. The van der Waals surface area contributed by atoms with Crippen LogP contribution < -0.4 is 5.32 Å². The molecule has 0 radical (unpaired) electrons. The molecule has 1 N–H and O–H groups in total. The number of halogens is 2. The number of piperidine rings is 1. The summed E-state index contributed by atoms with van der Waals surface area (Å²) in [4.78, 5) is 34.7. The van der Waals surface area contributed by atoms with Crippen LogP contribution in [0.3, 0.4) is 0 Å². The van der Waals surface area contributed by atoms with Gasteiger partial charge in [0, 0.05) is 41.8 Å². The highest BCUT2D eigenvalue weighted by Gasteiger charge is 2.47. The minimum atomic E-state index is -3.63. The minimum absolute atomic E-state index is 0.150. The van der Waals surface area contributed by atoms with E-state index in [4.69, 9.17) is 26.1 Å². The van der Waals surface area contributed by atoms with E-state index in [1.165, 1.54) is 34.9 Å². The predicted molar refractivity (Wildman–Crippen MR) is 161 cm³/mol. The van der Waals surface area contributed by atoms with E-state index in [-0.39, 0.29) is 48.4 Å². The number of hydrogen-bond donors (Lipinski definition) is 1. The molecule has 2 fully saturated rings. The largest absolute Gasteiger partial charge is 0.466 e. The topological polar surface area (TPSA) is 127 Å². The number of methoxy groups -OCH3 is 1. The number of carbonyl (C=O) groups is 2. The average molecular weight is 653 g/mol. The number of amidine groups is 1. The normalized spacial score (nSPS) is 23.7. The molecule has 1 atom stereocenters. The Labute approximate surface area is 259 Å². The second-order valence-corrected chi connectivity index (χ2v) is 15.3. The van der Waals surface area contributed by atoms with Gasteiger partial charge in [-0.1, -0.05) is 23.7 Å². The van der Waals surface area contributed by atoms with E-state index in [1.807, 2.05) is 0 Å². The van der Waals surface area contributed by atoms with Crippen molar-refractivity contribution in [2.75, 3.05) is 20.2 Å². The van der Waals surface area contributed by atoms with Crippen LogP contribution in [0.1, 0.15) is 63.1 Å². The van der Waals surface area contributed by atoms with Crippen LogP contribution >= 0.6 is 22.9 Å². The number of allylic oxidation sites excluding steroid dienone is 1. The van der Waals surface area contributed by atoms with Gasteiger partial charge >= 0.3 is 11.9 Å². The predicted octanol–water partition coefficient (Wildman–Crippen LogP) is 4.62. The third-order valence-corrected chi connectivity index (χ3v) is 11.4. The van der Waals surface area contributed by atoms with Crippen molar-refractivity contribution in [3.8, 4) is 0 Å². The summed E-state index contributed by atoms with van der Waals surface area (Å²) in [5, 5.41) is 4.86. The Morgan fingerprint density at radius 2 is 1.88 bits per heavy atom. The molecule has 1 saturated heterocycles. The molecule has 1 unspecified atom stereocenters. The lowest BCUT2D eigenvalue weighted by Crippen LogP contribution is -2.50. The van der Waals surface area contributed by atoms with Crippen LogP contribution in [-0.4, -0.2) is 66.5 Å². The molecule has 232 valence electrons. The van der Waals surface area contributed by atoms with Gasteiger partial charge in [0.05, 0.1) is 28.9 Å². The highest BCUT2D eigenvalue weighted by Crippen LogP contribution is 2.42. The van der Waals surface area contributed by atoms with E-state index in [0.29, 0.717) is 34.9 Å². The third kappa shape index (κ3) is 6.50. The molecule has 5 rings (SSSR count). The van der Waals surface area contributed by atoms with Gasteiger partial charge in [0.1, 0.15) is 17.5 Å². The first-order chi connectivity index (χ1) is 20.3. The van der Waals surface area contributed by atoms with Gasteiger partial charge in [0.15, 0.2) is 10.8 Å². The molecule has 3 heterocycles. The smallest absolute Gasteiger partial charge is 0.338 e. The number of carbonyl (C=O) groups excluding carboxylic acids is 2. The van der Waals surface area contributed by atoms with Crippen molar-refractivity contribution in [1.29, 1.82) is 0 Å². The maximum atomic E-state index is 14.5. The van der Waals surface area contributed by atoms with Gasteiger partial charge in [-0.3, -0.25) is 9.79 Å². The molecule has 14 heteroatoms. The summed E-state index contributed by atoms with van der Waals surface area (Å²) in [6, 6.07) is 3.38. The summed E-state index contributed by atoms with van der Waals surface area (Å²) in [5.74, 6) is -1.93. The Morgan fingerprint density at radius 1 is 1.19 bits per heavy atom. The van der Waals surface area contributed by atoms with E-state index in [9.17, 15) is 22.4 Å². The molecule has 0 amide bonds. The summed E-state index contributed by atoms with van der Waals surface area (Å²) >= 11 is 7.72. The first-order valence-electron chi connectivity index (χ1n) is 14.0. The molecule has 10 nitrogen and oxygen atoms in total. The van der Waals surface area contributed by atoms with E-state index >= 15 is 0 Å². The lowest BCUT2D eigenvalue weighted by atomic mass is 9.85. The minimum Gasteiger partial charge on any atom is -0.466 e. The fourth-order valence-electron chi connectivity index (χ4n) is 5.62. The summed E-state index contributed by atoms with van der Waals surface area (Å²) in [6.45, 7) is 5.81. The maximum Gasteiger partial charge on any atom is 0.338 e. The van der Waals surface area contributed by atoms with Crippen molar-refractivity contribution in [3.63, 3.8) is 0 Å². The number of esters is 2. The molecule has 0 bridgehead atoms. The molecule has 0 spiro atoms. The van der Waals surface area contributed by atoms with Crippen LogP contribution in [0.4, 0.5) is 4.39 Å². The highest BCUT2D eigenvalue weighted by molar-refractivity contribution is 7.89. The number of aliphatic imine (C=N–C) groups is 1. The number of nitrogens with zero attached hydrogens (tertiary/aromatic N) is 3. The van der Waals surface area contributed by atoms with Crippen LogP contribution in [0.5, 0.6) is 0 Å². The molecule has 1 aromatic heterocycles. The second kappa shape index (κ2) is 12.3. The summed E-state index contributed by atoms with van der Waals surface area (Å²) in [5.41, 5.74) is 0.398. The van der Waals surface area contributed by atoms with Gasteiger partial charge in [-0.25, -0.2) is 26.9 Å². The number of rotatable bonds is 7. The highest BCUT2D eigenvalue weighted by atomic mass is 35.5. The zero-order valence-corrected chi connectivity index (χ0v) is 26.7. The Kier molecular flexibility index (Phi) is 8.99. The lowest BCUT2D eigenvalue weighted by molar-refractivity contribution is -0.162. The number of sulfonamides is 1. The fraction of sp³-hybridized carbons (Fsp3) is 0.517. The summed E-state index contributed by atoms with van der Waals surface area (Å²) in [6.07, 6.45) is 2.93. The van der Waals surface area contributed by atoms with Crippen molar-refractivity contribution in [2.45, 2.75) is 63.3 Å². The summed E-state index contributed by atoms with van der Waals surface area (Å²) in [7, 11) is -2.37. The Hall–Kier alpha value is -2.87. The van der Waals surface area contributed by atoms with Crippen LogP contribution in [0, 0.1) is 17.7 Å². The van der Waals surface area contributed by atoms with E-state index in [2.05, 4.69) is 10.3 Å². The SMILES string of the molecule is COC(=O)C1=C(C2CCN(S(=O)(=O)[C@H]3C[C@@H](C(=O)OC(C)(C)C)C3)CC2)NC(c2nccs2)=NC1c1cccc(F)c1Cl.